The number of hydrogen-bond acceptors (Lipinski definition) is 5. The van der Waals surface area contributed by atoms with E-state index in [0.29, 0.717) is 45.1 Å². The van der Waals surface area contributed by atoms with Crippen molar-refractivity contribution < 1.29 is 14.2 Å². The summed E-state index contributed by atoms with van der Waals surface area (Å²) in [4.78, 5) is 2.01. The Morgan fingerprint density at radius 3 is 2.72 bits per heavy atom. The van der Waals surface area contributed by atoms with Crippen molar-refractivity contribution in [2.45, 2.75) is 26.9 Å². The van der Waals surface area contributed by atoms with Gasteiger partial charge < -0.3 is 20.1 Å². The van der Waals surface area contributed by atoms with E-state index in [1.54, 1.807) is 4.68 Å². The lowest BCUT2D eigenvalue weighted by Gasteiger charge is -2.29. The molecular weight excluding hydrogens is 323 g/mol. The van der Waals surface area contributed by atoms with E-state index < -0.39 is 0 Å². The van der Waals surface area contributed by atoms with Crippen molar-refractivity contribution in [1.82, 2.24) is 9.78 Å². The van der Waals surface area contributed by atoms with Crippen molar-refractivity contribution in [3.8, 4) is 0 Å². The average molecular weight is 348 g/mol. The molecule has 1 aliphatic rings. The maximum Gasteiger partial charge on any atom is 0.148 e. The van der Waals surface area contributed by atoms with Gasteiger partial charge in [0.15, 0.2) is 0 Å². The molecule has 7 heteroatoms. The highest BCUT2D eigenvalue weighted by Crippen LogP contribution is 2.24. The Balaban J connectivity index is 1.68. The number of benzene rings is 1. The van der Waals surface area contributed by atoms with E-state index in [4.69, 9.17) is 9.84 Å². The molecule has 1 aromatic carbocycles. The number of hydrogen-bond donors (Lipinski definition) is 2. The first-order valence-electron chi connectivity index (χ1n) is 8.60. The fourth-order valence-corrected chi connectivity index (χ4v) is 3.17. The molecule has 0 spiro atoms. The maximum atomic E-state index is 14.5. The summed E-state index contributed by atoms with van der Waals surface area (Å²) >= 11 is 0. The molecule has 6 nitrogen and oxygen atoms in total. The van der Waals surface area contributed by atoms with Gasteiger partial charge in [0.25, 0.3) is 0 Å². The van der Waals surface area contributed by atoms with Crippen LogP contribution in [0.3, 0.4) is 0 Å². The van der Waals surface area contributed by atoms with Crippen molar-refractivity contribution >= 4 is 11.4 Å². The van der Waals surface area contributed by atoms with E-state index in [1.807, 2.05) is 30.9 Å². The number of anilines is 2. The highest BCUT2D eigenvalue weighted by molar-refractivity contribution is 5.56. The van der Waals surface area contributed by atoms with E-state index in [0.717, 1.165) is 22.6 Å². The third kappa shape index (κ3) is 3.93. The van der Waals surface area contributed by atoms with Gasteiger partial charge in [0, 0.05) is 36.6 Å². The Bertz CT molecular complexity index is 726. The highest BCUT2D eigenvalue weighted by Gasteiger charge is 2.16. The average Bonchev–Trinajstić information content (AvgIpc) is 2.88. The van der Waals surface area contributed by atoms with Crippen LogP contribution in [0.25, 0.3) is 0 Å². The lowest BCUT2D eigenvalue weighted by molar-refractivity contribution is 0.122. The summed E-state index contributed by atoms with van der Waals surface area (Å²) in [5.74, 6) is -0.226. The van der Waals surface area contributed by atoms with Gasteiger partial charge in [-0.1, -0.05) is 0 Å². The topological polar surface area (TPSA) is 62.5 Å². The Hall–Kier alpha value is -2.12. The molecule has 0 saturated carbocycles. The van der Waals surface area contributed by atoms with E-state index in [1.165, 1.54) is 6.07 Å². The van der Waals surface area contributed by atoms with Crippen molar-refractivity contribution in [2.24, 2.45) is 0 Å². The summed E-state index contributed by atoms with van der Waals surface area (Å²) in [6, 6.07) is 5.25. The first-order valence-corrected chi connectivity index (χ1v) is 8.60. The summed E-state index contributed by atoms with van der Waals surface area (Å²) in [5, 5.41) is 16.8. The lowest BCUT2D eigenvalue weighted by Crippen LogP contribution is -2.36. The quantitative estimate of drug-likeness (QED) is 0.837. The maximum absolute atomic E-state index is 14.5. The number of aliphatic hydroxyl groups excluding tert-OH is 1. The normalized spacial score (nSPS) is 14.8. The number of aryl methyl sites for hydroxylation is 1. The van der Waals surface area contributed by atoms with Crippen molar-refractivity contribution in [1.29, 1.82) is 0 Å². The Kier molecular flexibility index (Phi) is 5.55. The summed E-state index contributed by atoms with van der Waals surface area (Å²) in [7, 11) is 0. The second-order valence-electron chi connectivity index (χ2n) is 6.22. The number of halogens is 1. The number of nitrogens with one attached hydrogen (secondary N) is 1. The minimum Gasteiger partial charge on any atom is -0.394 e. The third-order valence-electron chi connectivity index (χ3n) is 4.61. The van der Waals surface area contributed by atoms with E-state index in [-0.39, 0.29) is 12.4 Å². The number of nitrogens with zero attached hydrogens (tertiary/aromatic N) is 3. The SMILES string of the molecule is Cc1nn(CCO)c(C)c1CNc1ccc(N2CCOCC2)c(F)c1. The number of rotatable bonds is 6. The number of aromatic nitrogens is 2. The molecule has 2 aromatic rings. The molecule has 2 N–H and O–H groups in total. The van der Waals surface area contributed by atoms with Crippen LogP contribution in [0.1, 0.15) is 17.0 Å². The molecule has 0 aliphatic carbocycles. The van der Waals surface area contributed by atoms with Crippen LogP contribution < -0.4 is 10.2 Å². The van der Waals surface area contributed by atoms with Gasteiger partial charge in [-0.25, -0.2) is 4.39 Å². The van der Waals surface area contributed by atoms with Gasteiger partial charge in [0.05, 0.1) is 37.7 Å². The minimum absolute atomic E-state index is 0.0586. The summed E-state index contributed by atoms with van der Waals surface area (Å²) in [6.45, 7) is 7.73. The summed E-state index contributed by atoms with van der Waals surface area (Å²) in [6.07, 6.45) is 0. The molecule has 1 fully saturated rings. The molecule has 0 bridgehead atoms. The molecule has 136 valence electrons. The zero-order chi connectivity index (χ0) is 17.8. The number of morpholine rings is 1. The zero-order valence-corrected chi connectivity index (χ0v) is 14.8. The predicted molar refractivity (Wildman–Crippen MR) is 95.5 cm³/mol. The van der Waals surface area contributed by atoms with Gasteiger partial charge in [-0.05, 0) is 32.0 Å². The molecule has 1 aromatic heterocycles. The molecule has 0 radical (unpaired) electrons. The van der Waals surface area contributed by atoms with Gasteiger partial charge in [-0.15, -0.1) is 0 Å². The second kappa shape index (κ2) is 7.84. The monoisotopic (exact) mass is 348 g/mol. The molecule has 2 heterocycles. The van der Waals surface area contributed by atoms with Gasteiger partial charge in [0.2, 0.25) is 0 Å². The lowest BCUT2D eigenvalue weighted by atomic mass is 10.2. The van der Waals surface area contributed by atoms with E-state index in [9.17, 15) is 4.39 Å². The highest BCUT2D eigenvalue weighted by atomic mass is 19.1. The largest absolute Gasteiger partial charge is 0.394 e. The molecule has 1 saturated heterocycles. The second-order valence-corrected chi connectivity index (χ2v) is 6.22. The van der Waals surface area contributed by atoms with Crippen LogP contribution in [0.4, 0.5) is 15.8 Å². The minimum atomic E-state index is -0.226. The predicted octanol–water partition coefficient (Wildman–Crippen LogP) is 2.08. The first kappa shape index (κ1) is 17.7. The Morgan fingerprint density at radius 2 is 2.04 bits per heavy atom. The molecule has 1 aliphatic heterocycles. The number of ether oxygens (including phenoxy) is 1. The molecule has 3 rings (SSSR count). The van der Waals surface area contributed by atoms with Crippen LogP contribution in [-0.4, -0.2) is 47.8 Å². The Labute approximate surface area is 147 Å². The third-order valence-corrected chi connectivity index (χ3v) is 4.61. The standard InChI is InChI=1S/C18H25FN4O2/c1-13-16(14(2)23(21-13)5-8-24)12-20-15-3-4-18(17(19)11-15)22-6-9-25-10-7-22/h3-4,11,20,24H,5-10,12H2,1-2H3. The molecule has 25 heavy (non-hydrogen) atoms. The van der Waals surface area contributed by atoms with Gasteiger partial charge in [-0.2, -0.15) is 5.10 Å². The van der Waals surface area contributed by atoms with E-state index in [2.05, 4.69) is 10.4 Å². The van der Waals surface area contributed by atoms with Gasteiger partial charge in [0.1, 0.15) is 5.82 Å². The molecular formula is C18H25FN4O2. The van der Waals surface area contributed by atoms with Crippen molar-refractivity contribution in [2.75, 3.05) is 43.1 Å². The van der Waals surface area contributed by atoms with Crippen LogP contribution in [-0.2, 0) is 17.8 Å². The van der Waals surface area contributed by atoms with Gasteiger partial charge >= 0.3 is 0 Å². The van der Waals surface area contributed by atoms with Crippen LogP contribution in [0.15, 0.2) is 18.2 Å². The number of aliphatic hydroxyl groups is 1. The Morgan fingerprint density at radius 1 is 1.28 bits per heavy atom. The summed E-state index contributed by atoms with van der Waals surface area (Å²) in [5.41, 5.74) is 4.37. The first-order chi connectivity index (χ1) is 12.1. The molecule has 0 atom stereocenters. The van der Waals surface area contributed by atoms with Gasteiger partial charge in [-0.3, -0.25) is 4.68 Å². The molecule has 0 amide bonds. The van der Waals surface area contributed by atoms with Crippen LogP contribution in [0.2, 0.25) is 0 Å². The van der Waals surface area contributed by atoms with Crippen molar-refractivity contribution in [3.05, 3.63) is 41.0 Å². The van der Waals surface area contributed by atoms with Crippen LogP contribution in [0.5, 0.6) is 0 Å². The molecule has 0 unspecified atom stereocenters. The van der Waals surface area contributed by atoms with Crippen LogP contribution >= 0.6 is 0 Å². The fourth-order valence-electron chi connectivity index (χ4n) is 3.17. The summed E-state index contributed by atoms with van der Waals surface area (Å²) < 4.78 is 21.6. The smallest absolute Gasteiger partial charge is 0.148 e. The fraction of sp³-hybridized carbons (Fsp3) is 0.500. The zero-order valence-electron chi connectivity index (χ0n) is 14.8. The van der Waals surface area contributed by atoms with Crippen LogP contribution in [0, 0.1) is 19.7 Å². The van der Waals surface area contributed by atoms with E-state index >= 15 is 0 Å². The van der Waals surface area contributed by atoms with Crippen molar-refractivity contribution in [3.63, 3.8) is 0 Å².